The average Bonchev–Trinajstić information content (AvgIpc) is 3.35. The van der Waals surface area contributed by atoms with Gasteiger partial charge in [0.25, 0.3) is 0 Å². The number of hydrogen-bond donors (Lipinski definition) is 0. The van der Waals surface area contributed by atoms with Gasteiger partial charge in [-0.1, -0.05) is 49.6 Å². The molecule has 3 aliphatic rings. The first kappa shape index (κ1) is 18.2. The van der Waals surface area contributed by atoms with E-state index < -0.39 is 0 Å². The molecule has 2 unspecified atom stereocenters. The number of carbonyl (C=O) groups excluding carboxylic acids is 3. The van der Waals surface area contributed by atoms with Crippen molar-refractivity contribution in [2.24, 2.45) is 5.92 Å². The second-order valence-corrected chi connectivity index (χ2v) is 8.16. The van der Waals surface area contributed by atoms with Gasteiger partial charge in [-0.15, -0.1) is 0 Å². The molecule has 5 nitrogen and oxygen atoms in total. The summed E-state index contributed by atoms with van der Waals surface area (Å²) in [5.74, 6) is -0.155. The molecule has 2 aliphatic heterocycles. The van der Waals surface area contributed by atoms with Crippen LogP contribution in [-0.4, -0.2) is 52.6 Å². The van der Waals surface area contributed by atoms with Crippen LogP contribution in [0, 0.1) is 5.92 Å². The molecule has 1 aromatic carbocycles. The number of carbonyl (C=O) groups is 3. The number of benzene rings is 1. The molecule has 2 atom stereocenters. The topological polar surface area (TPSA) is 57.7 Å². The maximum absolute atomic E-state index is 13.2. The Morgan fingerprint density at radius 2 is 1.67 bits per heavy atom. The number of rotatable bonds is 4. The molecular formula is C22H28N2O3. The van der Waals surface area contributed by atoms with Gasteiger partial charge in [0.15, 0.2) is 5.78 Å². The number of likely N-dealkylation sites (tertiary alicyclic amines) is 2. The molecule has 0 radical (unpaired) electrons. The molecule has 5 heteroatoms. The van der Waals surface area contributed by atoms with Gasteiger partial charge in [0.2, 0.25) is 11.8 Å². The SMILES string of the molecule is O=C(c1ccccc1)C1CCCN1C(=O)C1CC(=O)N(C2CCCCC2)C1. The Morgan fingerprint density at radius 3 is 2.41 bits per heavy atom. The van der Waals surface area contributed by atoms with Gasteiger partial charge in [-0.2, -0.15) is 0 Å². The standard InChI is InChI=1S/C22H28N2O3/c25-20-14-17(15-24(20)18-10-5-2-6-11-18)22(27)23-13-7-12-19(23)21(26)16-8-3-1-4-9-16/h1,3-4,8-9,17-19H,2,5-7,10-15H2. The lowest BCUT2D eigenvalue weighted by Crippen LogP contribution is -2.45. The summed E-state index contributed by atoms with van der Waals surface area (Å²) in [6.45, 7) is 1.15. The summed E-state index contributed by atoms with van der Waals surface area (Å²) in [7, 11) is 0. The quantitative estimate of drug-likeness (QED) is 0.768. The lowest BCUT2D eigenvalue weighted by molar-refractivity contribution is -0.136. The highest BCUT2D eigenvalue weighted by Crippen LogP contribution is 2.31. The molecule has 1 aliphatic carbocycles. The Morgan fingerprint density at radius 1 is 0.926 bits per heavy atom. The Bertz CT molecular complexity index is 712. The summed E-state index contributed by atoms with van der Waals surface area (Å²) >= 11 is 0. The molecule has 0 bridgehead atoms. The van der Waals surface area contributed by atoms with Crippen molar-refractivity contribution >= 4 is 17.6 Å². The third-order valence-corrected chi connectivity index (χ3v) is 6.42. The molecule has 2 amide bonds. The molecule has 27 heavy (non-hydrogen) atoms. The van der Waals surface area contributed by atoms with Crippen LogP contribution in [0.1, 0.15) is 61.7 Å². The van der Waals surface area contributed by atoms with Gasteiger partial charge >= 0.3 is 0 Å². The van der Waals surface area contributed by atoms with Crippen molar-refractivity contribution < 1.29 is 14.4 Å². The first-order valence-corrected chi connectivity index (χ1v) is 10.3. The van der Waals surface area contributed by atoms with E-state index in [1.165, 1.54) is 19.3 Å². The Labute approximate surface area is 160 Å². The minimum absolute atomic E-state index is 0.00607. The van der Waals surface area contributed by atoms with Crippen LogP contribution < -0.4 is 0 Å². The van der Waals surface area contributed by atoms with E-state index in [2.05, 4.69) is 0 Å². The van der Waals surface area contributed by atoms with Gasteiger partial charge < -0.3 is 9.80 Å². The minimum Gasteiger partial charge on any atom is -0.339 e. The van der Waals surface area contributed by atoms with Gasteiger partial charge in [0.1, 0.15) is 0 Å². The van der Waals surface area contributed by atoms with Crippen LogP contribution in [0.2, 0.25) is 0 Å². The lowest BCUT2D eigenvalue weighted by atomic mass is 9.94. The highest BCUT2D eigenvalue weighted by Gasteiger charge is 2.43. The number of nitrogens with zero attached hydrogens (tertiary/aromatic N) is 2. The summed E-state index contributed by atoms with van der Waals surface area (Å²) in [5, 5.41) is 0. The number of ketones is 1. The first-order chi connectivity index (χ1) is 13.1. The van der Waals surface area contributed by atoms with Crippen LogP contribution in [-0.2, 0) is 9.59 Å². The molecule has 3 fully saturated rings. The summed E-state index contributed by atoms with van der Waals surface area (Å²) in [4.78, 5) is 42.3. The van der Waals surface area contributed by atoms with E-state index in [0.29, 0.717) is 37.5 Å². The molecule has 2 heterocycles. The van der Waals surface area contributed by atoms with Crippen LogP contribution in [0.5, 0.6) is 0 Å². The van der Waals surface area contributed by atoms with E-state index >= 15 is 0 Å². The van der Waals surface area contributed by atoms with E-state index in [4.69, 9.17) is 0 Å². The zero-order valence-corrected chi connectivity index (χ0v) is 15.8. The fourth-order valence-electron chi connectivity index (χ4n) is 4.98. The van der Waals surface area contributed by atoms with E-state index in [9.17, 15) is 14.4 Å². The van der Waals surface area contributed by atoms with Crippen molar-refractivity contribution in [3.8, 4) is 0 Å². The average molecular weight is 368 g/mol. The Kier molecular flexibility index (Phi) is 5.28. The molecule has 4 rings (SSSR count). The Balaban J connectivity index is 1.44. The highest BCUT2D eigenvalue weighted by atomic mass is 16.2. The normalized spacial score (nSPS) is 26.6. The van der Waals surface area contributed by atoms with Gasteiger partial charge in [-0.3, -0.25) is 14.4 Å². The first-order valence-electron chi connectivity index (χ1n) is 10.3. The van der Waals surface area contributed by atoms with E-state index in [0.717, 1.165) is 19.3 Å². The van der Waals surface area contributed by atoms with Gasteiger partial charge in [-0.05, 0) is 25.7 Å². The molecule has 144 valence electrons. The van der Waals surface area contributed by atoms with Crippen molar-refractivity contribution in [3.05, 3.63) is 35.9 Å². The smallest absolute Gasteiger partial charge is 0.228 e. The number of hydrogen-bond acceptors (Lipinski definition) is 3. The second-order valence-electron chi connectivity index (χ2n) is 8.16. The number of Topliss-reactive ketones (excluding diaryl/α,β-unsaturated/α-hetero) is 1. The lowest BCUT2D eigenvalue weighted by Gasteiger charge is -2.32. The molecule has 0 N–H and O–H groups in total. The van der Waals surface area contributed by atoms with Gasteiger partial charge in [0.05, 0.1) is 12.0 Å². The predicted molar refractivity (Wildman–Crippen MR) is 102 cm³/mol. The summed E-state index contributed by atoms with van der Waals surface area (Å²) in [6, 6.07) is 9.15. The maximum atomic E-state index is 13.2. The van der Waals surface area contributed by atoms with Crippen molar-refractivity contribution in [2.75, 3.05) is 13.1 Å². The van der Waals surface area contributed by atoms with Crippen LogP contribution in [0.25, 0.3) is 0 Å². The van der Waals surface area contributed by atoms with Crippen molar-refractivity contribution in [1.82, 2.24) is 9.80 Å². The fraction of sp³-hybridized carbons (Fsp3) is 0.591. The molecule has 1 aromatic rings. The minimum atomic E-state index is -0.376. The third kappa shape index (κ3) is 3.64. The maximum Gasteiger partial charge on any atom is 0.228 e. The zero-order chi connectivity index (χ0) is 18.8. The van der Waals surface area contributed by atoms with Crippen LogP contribution in [0.3, 0.4) is 0 Å². The van der Waals surface area contributed by atoms with Crippen molar-refractivity contribution in [2.45, 2.75) is 63.5 Å². The van der Waals surface area contributed by atoms with E-state index in [-0.39, 0.29) is 29.6 Å². The van der Waals surface area contributed by atoms with Gasteiger partial charge in [0, 0.05) is 31.1 Å². The van der Waals surface area contributed by atoms with E-state index in [1.54, 1.807) is 4.90 Å². The van der Waals surface area contributed by atoms with Crippen LogP contribution in [0.4, 0.5) is 0 Å². The molecule has 1 saturated carbocycles. The monoisotopic (exact) mass is 368 g/mol. The summed E-state index contributed by atoms with van der Waals surface area (Å²) in [6.07, 6.45) is 7.58. The largest absolute Gasteiger partial charge is 0.339 e. The van der Waals surface area contributed by atoms with E-state index in [1.807, 2.05) is 35.2 Å². The van der Waals surface area contributed by atoms with Crippen LogP contribution in [0.15, 0.2) is 30.3 Å². The molecular weight excluding hydrogens is 340 g/mol. The predicted octanol–water partition coefficient (Wildman–Crippen LogP) is 3.04. The van der Waals surface area contributed by atoms with Crippen molar-refractivity contribution in [3.63, 3.8) is 0 Å². The molecule has 0 spiro atoms. The van der Waals surface area contributed by atoms with Gasteiger partial charge in [-0.25, -0.2) is 0 Å². The Hall–Kier alpha value is -2.17. The summed E-state index contributed by atoms with van der Waals surface area (Å²) in [5.41, 5.74) is 0.661. The highest BCUT2D eigenvalue weighted by molar-refractivity contribution is 6.02. The second kappa shape index (κ2) is 7.83. The van der Waals surface area contributed by atoms with Crippen molar-refractivity contribution in [1.29, 1.82) is 0 Å². The van der Waals surface area contributed by atoms with Crippen LogP contribution >= 0.6 is 0 Å². The number of amides is 2. The third-order valence-electron chi connectivity index (χ3n) is 6.42. The molecule has 2 saturated heterocycles. The fourth-order valence-corrected chi connectivity index (χ4v) is 4.98. The summed E-state index contributed by atoms with van der Waals surface area (Å²) < 4.78 is 0. The molecule has 0 aromatic heterocycles. The zero-order valence-electron chi connectivity index (χ0n) is 15.8.